The van der Waals surface area contributed by atoms with Gasteiger partial charge in [-0.15, -0.1) is 0 Å². The number of thioether (sulfide) groups is 1. The van der Waals surface area contributed by atoms with Crippen molar-refractivity contribution in [3.8, 4) is 0 Å². The molecule has 1 heterocycles. The van der Waals surface area contributed by atoms with Crippen LogP contribution in [0.1, 0.15) is 0 Å². The van der Waals surface area contributed by atoms with E-state index in [0.29, 0.717) is 5.25 Å². The lowest BCUT2D eigenvalue weighted by Gasteiger charge is -2.19. The van der Waals surface area contributed by atoms with Crippen LogP contribution in [-0.2, 0) is 4.74 Å². The molecule has 0 saturated carbocycles. The second kappa shape index (κ2) is 4.14. The summed E-state index contributed by atoms with van der Waals surface area (Å²) in [6.07, 6.45) is 0. The third kappa shape index (κ3) is 2.56. The van der Waals surface area contributed by atoms with Crippen molar-refractivity contribution in [2.75, 3.05) is 32.6 Å². The van der Waals surface area contributed by atoms with Crippen LogP contribution >= 0.6 is 11.8 Å². The second-order valence-corrected chi connectivity index (χ2v) is 3.49. The van der Waals surface area contributed by atoms with E-state index in [-0.39, 0.29) is 0 Å². The fraction of sp³-hybridized carbons (Fsp3) is 1.00. The smallest absolute Gasteiger partial charge is 0.0594 e. The Morgan fingerprint density at radius 2 is 2.67 bits per heavy atom. The summed E-state index contributed by atoms with van der Waals surface area (Å²) in [5.74, 6) is 1.17. The Kier molecular flexibility index (Phi) is 3.40. The quantitative estimate of drug-likeness (QED) is 0.561. The molecule has 3 heteroatoms. The summed E-state index contributed by atoms with van der Waals surface area (Å²) in [5, 5.41) is 4.90. The van der Waals surface area contributed by atoms with Crippen LogP contribution in [-0.4, -0.2) is 37.8 Å². The largest absolute Gasteiger partial charge is 0.383 e. The summed E-state index contributed by atoms with van der Waals surface area (Å²) in [6.45, 7) is 2.87. The van der Waals surface area contributed by atoms with Gasteiger partial charge in [0.2, 0.25) is 0 Å². The van der Waals surface area contributed by atoms with E-state index in [1.54, 1.807) is 7.11 Å². The van der Waals surface area contributed by atoms with Crippen LogP contribution in [0.25, 0.3) is 0 Å². The van der Waals surface area contributed by atoms with Gasteiger partial charge >= 0.3 is 0 Å². The van der Waals surface area contributed by atoms with Crippen molar-refractivity contribution in [3.05, 3.63) is 0 Å². The molecule has 1 saturated heterocycles. The highest BCUT2D eigenvalue weighted by atomic mass is 32.2. The monoisotopic (exact) mass is 146 g/mol. The minimum absolute atomic E-state index is 0.628. The molecular formula is C6H12NOS. The standard InChI is InChI=1S/C6H12NOS/c1-8-5-6-4-7-2-3-9-6/h6H,2-5H2,1H3. The molecule has 53 valence electrons. The Bertz CT molecular complexity index is 70.7. The highest BCUT2D eigenvalue weighted by molar-refractivity contribution is 8.00. The van der Waals surface area contributed by atoms with Gasteiger partial charge in [-0.1, -0.05) is 0 Å². The summed E-state index contributed by atoms with van der Waals surface area (Å²) in [5.41, 5.74) is 0. The molecular weight excluding hydrogens is 134 g/mol. The van der Waals surface area contributed by atoms with Crippen molar-refractivity contribution in [1.82, 2.24) is 5.32 Å². The fourth-order valence-corrected chi connectivity index (χ4v) is 1.87. The molecule has 1 radical (unpaired) electrons. The molecule has 1 fully saturated rings. The lowest BCUT2D eigenvalue weighted by molar-refractivity contribution is 0.197. The van der Waals surface area contributed by atoms with Gasteiger partial charge in [0.1, 0.15) is 0 Å². The van der Waals surface area contributed by atoms with Crippen molar-refractivity contribution in [1.29, 1.82) is 0 Å². The molecule has 0 aliphatic carbocycles. The van der Waals surface area contributed by atoms with E-state index < -0.39 is 0 Å². The van der Waals surface area contributed by atoms with Crippen molar-refractivity contribution in [2.24, 2.45) is 0 Å². The van der Waals surface area contributed by atoms with Gasteiger partial charge in [-0.3, -0.25) is 0 Å². The predicted octanol–water partition coefficient (Wildman–Crippen LogP) is 0.353. The van der Waals surface area contributed by atoms with Crippen molar-refractivity contribution >= 4 is 11.8 Å². The van der Waals surface area contributed by atoms with Gasteiger partial charge in [-0.2, -0.15) is 11.8 Å². The van der Waals surface area contributed by atoms with E-state index in [9.17, 15) is 0 Å². The Morgan fingerprint density at radius 1 is 1.78 bits per heavy atom. The van der Waals surface area contributed by atoms with Gasteiger partial charge in [0.15, 0.2) is 0 Å². The van der Waals surface area contributed by atoms with Gasteiger partial charge in [0.25, 0.3) is 0 Å². The van der Waals surface area contributed by atoms with E-state index in [2.05, 4.69) is 5.32 Å². The average molecular weight is 146 g/mol. The van der Waals surface area contributed by atoms with Gasteiger partial charge in [0, 0.05) is 31.2 Å². The number of rotatable bonds is 2. The third-order valence-electron chi connectivity index (χ3n) is 1.29. The molecule has 0 aromatic rings. The zero-order valence-corrected chi connectivity index (χ0v) is 6.49. The van der Waals surface area contributed by atoms with Crippen molar-refractivity contribution in [2.45, 2.75) is 5.25 Å². The molecule has 0 bridgehead atoms. The first kappa shape index (κ1) is 7.38. The Hall–Kier alpha value is 0.270. The summed E-state index contributed by atoms with van der Waals surface area (Å²) < 4.78 is 5.00. The van der Waals surface area contributed by atoms with E-state index >= 15 is 0 Å². The van der Waals surface area contributed by atoms with Gasteiger partial charge in [-0.05, 0) is 0 Å². The van der Waals surface area contributed by atoms with Crippen LogP contribution in [0, 0.1) is 0 Å². The third-order valence-corrected chi connectivity index (χ3v) is 2.46. The van der Waals surface area contributed by atoms with Gasteiger partial charge < -0.3 is 4.74 Å². The minimum atomic E-state index is 0.628. The predicted molar refractivity (Wildman–Crippen MR) is 40.0 cm³/mol. The normalized spacial score (nSPS) is 28.3. The maximum absolute atomic E-state index is 5.00. The fourth-order valence-electron chi connectivity index (χ4n) is 0.859. The average Bonchev–Trinajstić information content (AvgIpc) is 1.91. The molecule has 0 aromatic heterocycles. The highest BCUT2D eigenvalue weighted by Crippen LogP contribution is 2.13. The maximum atomic E-state index is 5.00. The highest BCUT2D eigenvalue weighted by Gasteiger charge is 2.12. The summed E-state index contributed by atoms with van der Waals surface area (Å²) in [4.78, 5) is 0. The molecule has 1 aliphatic heterocycles. The summed E-state index contributed by atoms with van der Waals surface area (Å²) in [7, 11) is 1.75. The Morgan fingerprint density at radius 3 is 3.22 bits per heavy atom. The molecule has 1 aliphatic rings. The zero-order chi connectivity index (χ0) is 6.53. The number of nitrogens with zero attached hydrogens (tertiary/aromatic N) is 1. The van der Waals surface area contributed by atoms with Crippen LogP contribution in [0.2, 0.25) is 0 Å². The molecule has 1 rings (SSSR count). The molecule has 1 atom stereocenters. The maximum Gasteiger partial charge on any atom is 0.0594 e. The Labute approximate surface area is 60.3 Å². The van der Waals surface area contributed by atoms with E-state index in [4.69, 9.17) is 4.74 Å². The number of hydrogen-bond donors (Lipinski definition) is 0. The Balaban J connectivity index is 2.08. The van der Waals surface area contributed by atoms with Crippen LogP contribution in [0.15, 0.2) is 0 Å². The molecule has 0 amide bonds. The molecule has 0 N–H and O–H groups in total. The van der Waals surface area contributed by atoms with Gasteiger partial charge in [0.05, 0.1) is 6.61 Å². The lowest BCUT2D eigenvalue weighted by atomic mass is 10.4. The van der Waals surface area contributed by atoms with E-state index in [0.717, 1.165) is 19.7 Å². The van der Waals surface area contributed by atoms with E-state index in [1.165, 1.54) is 5.75 Å². The first-order valence-corrected chi connectivity index (χ1v) is 4.22. The lowest BCUT2D eigenvalue weighted by Crippen LogP contribution is -2.30. The molecule has 0 aromatic carbocycles. The van der Waals surface area contributed by atoms with Gasteiger partial charge in [-0.25, -0.2) is 5.32 Å². The van der Waals surface area contributed by atoms with Crippen LogP contribution in [0.5, 0.6) is 0 Å². The number of methoxy groups -OCH3 is 1. The van der Waals surface area contributed by atoms with E-state index in [1.807, 2.05) is 11.8 Å². The number of hydrogen-bond acceptors (Lipinski definition) is 2. The van der Waals surface area contributed by atoms with Crippen molar-refractivity contribution < 1.29 is 4.74 Å². The first-order valence-electron chi connectivity index (χ1n) is 3.17. The SMILES string of the molecule is COCC1C[N]CCS1. The molecule has 1 unspecified atom stereocenters. The van der Waals surface area contributed by atoms with Crippen LogP contribution in [0.4, 0.5) is 0 Å². The molecule has 2 nitrogen and oxygen atoms in total. The molecule has 9 heavy (non-hydrogen) atoms. The van der Waals surface area contributed by atoms with Crippen LogP contribution in [0.3, 0.4) is 0 Å². The number of ether oxygens (including phenoxy) is 1. The molecule has 0 spiro atoms. The summed E-state index contributed by atoms with van der Waals surface area (Å²) in [6, 6.07) is 0. The minimum Gasteiger partial charge on any atom is -0.383 e. The zero-order valence-electron chi connectivity index (χ0n) is 5.67. The summed E-state index contributed by atoms with van der Waals surface area (Å²) >= 11 is 1.97. The topological polar surface area (TPSA) is 23.3 Å². The second-order valence-electron chi connectivity index (χ2n) is 2.08. The van der Waals surface area contributed by atoms with Crippen molar-refractivity contribution in [3.63, 3.8) is 0 Å². The van der Waals surface area contributed by atoms with Crippen LogP contribution < -0.4 is 5.32 Å². The first-order chi connectivity index (χ1) is 4.43.